The number of carbonyl (C=O) groups is 1. The Morgan fingerprint density at radius 2 is 1.77 bits per heavy atom. The van der Waals surface area contributed by atoms with Crippen molar-refractivity contribution in [1.82, 2.24) is 25.1 Å². The average molecular weight is 405 g/mol. The van der Waals surface area contributed by atoms with Crippen molar-refractivity contribution in [2.24, 2.45) is 0 Å². The molecule has 0 N–H and O–H groups in total. The summed E-state index contributed by atoms with van der Waals surface area (Å²) in [5.74, 6) is 1.07. The molecule has 0 bridgehead atoms. The number of hydrogen-bond acceptors (Lipinski definition) is 6. The Bertz CT molecular complexity index is 1040. The van der Waals surface area contributed by atoms with Crippen LogP contribution in [0.15, 0.2) is 68.0 Å². The van der Waals surface area contributed by atoms with Crippen molar-refractivity contribution < 1.29 is 14.3 Å². The summed E-state index contributed by atoms with van der Waals surface area (Å²) < 4.78 is 12.2. The minimum absolute atomic E-state index is 0.147. The van der Waals surface area contributed by atoms with Crippen LogP contribution in [0.2, 0.25) is 0 Å². The van der Waals surface area contributed by atoms with Gasteiger partial charge in [-0.15, -0.1) is 18.3 Å². The third kappa shape index (κ3) is 4.38. The molecule has 1 heterocycles. The highest BCUT2D eigenvalue weighted by Crippen LogP contribution is 2.33. The number of rotatable bonds is 9. The summed E-state index contributed by atoms with van der Waals surface area (Å²) in [5, 5.41) is 11.3. The zero-order valence-corrected chi connectivity index (χ0v) is 17.0. The van der Waals surface area contributed by atoms with Crippen molar-refractivity contribution in [2.75, 3.05) is 27.3 Å². The van der Waals surface area contributed by atoms with Crippen molar-refractivity contribution in [1.29, 1.82) is 0 Å². The molecule has 30 heavy (non-hydrogen) atoms. The molecule has 3 rings (SSSR count). The molecule has 0 saturated carbocycles. The average Bonchev–Trinajstić information content (AvgIpc) is 3.32. The highest BCUT2D eigenvalue weighted by atomic mass is 16.5. The first kappa shape index (κ1) is 20.8. The van der Waals surface area contributed by atoms with Crippen molar-refractivity contribution in [3.8, 4) is 28.3 Å². The summed E-state index contributed by atoms with van der Waals surface area (Å²) in [6, 6.07) is 11.1. The number of carbonyl (C=O) groups excluding carboxylic acids is 1. The third-order valence-electron chi connectivity index (χ3n) is 4.48. The van der Waals surface area contributed by atoms with Gasteiger partial charge in [-0.05, 0) is 51.9 Å². The zero-order chi connectivity index (χ0) is 21.5. The lowest BCUT2D eigenvalue weighted by Crippen LogP contribution is -2.31. The Morgan fingerprint density at radius 1 is 1.03 bits per heavy atom. The molecule has 0 unspecified atom stereocenters. The minimum atomic E-state index is -0.147. The van der Waals surface area contributed by atoms with E-state index in [-0.39, 0.29) is 5.91 Å². The molecular formula is C22H23N5O3. The lowest BCUT2D eigenvalue weighted by molar-refractivity contribution is 0.0791. The molecule has 0 spiro atoms. The highest BCUT2D eigenvalue weighted by Gasteiger charge is 2.17. The maximum absolute atomic E-state index is 13.2. The molecule has 3 aromatic rings. The number of amides is 1. The minimum Gasteiger partial charge on any atom is -0.493 e. The molecule has 0 radical (unpaired) electrons. The number of tetrazole rings is 1. The van der Waals surface area contributed by atoms with Gasteiger partial charge in [0.25, 0.3) is 5.91 Å². The topological polar surface area (TPSA) is 82.4 Å². The molecule has 1 amide bonds. The van der Waals surface area contributed by atoms with Gasteiger partial charge in [-0.25, -0.2) is 4.68 Å². The second-order valence-corrected chi connectivity index (χ2v) is 6.38. The SMILES string of the molecule is C=CCN(CC=C)C(=O)c1cc(-c2ccc(OC)c(OC)c2)cc(-n2cnnn2)c1. The predicted molar refractivity (Wildman–Crippen MR) is 114 cm³/mol. The zero-order valence-electron chi connectivity index (χ0n) is 17.0. The standard InChI is InChI=1S/C22H23N5O3/c1-5-9-26(10-6-2)22(28)18-11-17(12-19(13-18)27-15-23-24-25-27)16-7-8-20(29-3)21(14-16)30-4/h5-8,11-15H,1-2,9-10H2,3-4H3. The molecule has 0 fully saturated rings. The highest BCUT2D eigenvalue weighted by molar-refractivity contribution is 5.96. The van der Waals surface area contributed by atoms with E-state index < -0.39 is 0 Å². The summed E-state index contributed by atoms with van der Waals surface area (Å²) >= 11 is 0. The van der Waals surface area contributed by atoms with Crippen LogP contribution in [0.5, 0.6) is 11.5 Å². The van der Waals surface area contributed by atoms with Crippen LogP contribution in [-0.2, 0) is 0 Å². The normalized spacial score (nSPS) is 10.3. The predicted octanol–water partition coefficient (Wildman–Crippen LogP) is 3.16. The van der Waals surface area contributed by atoms with Crippen LogP contribution < -0.4 is 9.47 Å². The summed E-state index contributed by atoms with van der Waals surface area (Å²) in [7, 11) is 3.16. The number of nitrogens with zero attached hydrogens (tertiary/aromatic N) is 5. The van der Waals surface area contributed by atoms with Crippen molar-refractivity contribution in [3.63, 3.8) is 0 Å². The summed E-state index contributed by atoms with van der Waals surface area (Å²) in [6.07, 6.45) is 4.84. The van der Waals surface area contributed by atoms with E-state index in [1.165, 1.54) is 11.0 Å². The van der Waals surface area contributed by atoms with Gasteiger partial charge in [0.1, 0.15) is 6.33 Å². The molecule has 0 saturated heterocycles. The molecule has 2 aromatic carbocycles. The molecule has 0 aliphatic carbocycles. The first-order chi connectivity index (χ1) is 14.6. The Morgan fingerprint density at radius 3 is 2.37 bits per heavy atom. The lowest BCUT2D eigenvalue weighted by Gasteiger charge is -2.20. The Labute approximate surface area is 175 Å². The van der Waals surface area contributed by atoms with E-state index in [0.717, 1.165) is 11.1 Å². The second kappa shape index (κ2) is 9.51. The fourth-order valence-electron chi connectivity index (χ4n) is 3.06. The van der Waals surface area contributed by atoms with E-state index in [1.807, 2.05) is 30.3 Å². The van der Waals surface area contributed by atoms with Crippen LogP contribution >= 0.6 is 0 Å². The maximum atomic E-state index is 13.2. The van der Waals surface area contributed by atoms with E-state index in [9.17, 15) is 4.79 Å². The van der Waals surface area contributed by atoms with Crippen molar-refractivity contribution in [2.45, 2.75) is 0 Å². The molecule has 1 aromatic heterocycles. The van der Waals surface area contributed by atoms with Crippen molar-refractivity contribution >= 4 is 5.91 Å². The van der Waals surface area contributed by atoms with Gasteiger partial charge in [0.2, 0.25) is 0 Å². The fourth-order valence-corrected chi connectivity index (χ4v) is 3.06. The van der Waals surface area contributed by atoms with E-state index in [4.69, 9.17) is 9.47 Å². The molecule has 154 valence electrons. The van der Waals surface area contributed by atoms with Gasteiger partial charge in [-0.1, -0.05) is 18.2 Å². The third-order valence-corrected chi connectivity index (χ3v) is 4.48. The molecule has 8 nitrogen and oxygen atoms in total. The first-order valence-electron chi connectivity index (χ1n) is 9.23. The Balaban J connectivity index is 2.13. The molecule has 0 aliphatic rings. The van der Waals surface area contributed by atoms with Gasteiger partial charge in [-0.2, -0.15) is 0 Å². The fraction of sp³-hybridized carbons (Fsp3) is 0.182. The summed E-state index contributed by atoms with van der Waals surface area (Å²) in [5.41, 5.74) is 2.82. The quantitative estimate of drug-likeness (QED) is 0.509. The van der Waals surface area contributed by atoms with Crippen molar-refractivity contribution in [3.05, 3.63) is 73.6 Å². The maximum Gasteiger partial charge on any atom is 0.254 e. The smallest absolute Gasteiger partial charge is 0.254 e. The summed E-state index contributed by atoms with van der Waals surface area (Å²) in [6.45, 7) is 8.28. The number of ether oxygens (including phenoxy) is 2. The van der Waals surface area contributed by atoms with E-state index in [1.54, 1.807) is 37.3 Å². The molecule has 0 aliphatic heterocycles. The second-order valence-electron chi connectivity index (χ2n) is 6.38. The van der Waals surface area contributed by atoms with Gasteiger partial charge in [0.15, 0.2) is 11.5 Å². The Hall–Kier alpha value is -3.94. The van der Waals surface area contributed by atoms with Gasteiger partial charge in [-0.3, -0.25) is 4.79 Å². The van der Waals surface area contributed by atoms with Crippen LogP contribution in [0.1, 0.15) is 10.4 Å². The van der Waals surface area contributed by atoms with Gasteiger partial charge in [0.05, 0.1) is 19.9 Å². The van der Waals surface area contributed by atoms with Crippen LogP contribution in [-0.4, -0.2) is 58.3 Å². The van der Waals surface area contributed by atoms with Crippen LogP contribution in [0.3, 0.4) is 0 Å². The largest absolute Gasteiger partial charge is 0.493 e. The van der Waals surface area contributed by atoms with Gasteiger partial charge in [0, 0.05) is 18.7 Å². The number of methoxy groups -OCH3 is 2. The Kier molecular flexibility index (Phi) is 6.59. The monoisotopic (exact) mass is 405 g/mol. The van der Waals surface area contributed by atoms with Crippen LogP contribution in [0.4, 0.5) is 0 Å². The van der Waals surface area contributed by atoms with Crippen LogP contribution in [0, 0.1) is 0 Å². The number of benzene rings is 2. The molecular weight excluding hydrogens is 382 g/mol. The lowest BCUT2D eigenvalue weighted by atomic mass is 10.0. The van der Waals surface area contributed by atoms with E-state index in [2.05, 4.69) is 28.7 Å². The van der Waals surface area contributed by atoms with E-state index >= 15 is 0 Å². The van der Waals surface area contributed by atoms with E-state index in [0.29, 0.717) is 35.8 Å². The summed E-state index contributed by atoms with van der Waals surface area (Å²) in [4.78, 5) is 14.8. The number of hydrogen-bond donors (Lipinski definition) is 0. The van der Waals surface area contributed by atoms with Crippen LogP contribution in [0.25, 0.3) is 16.8 Å². The first-order valence-corrected chi connectivity index (χ1v) is 9.23. The molecule has 8 heteroatoms. The van der Waals surface area contributed by atoms with Gasteiger partial charge < -0.3 is 14.4 Å². The number of aromatic nitrogens is 4. The molecule has 0 atom stereocenters. The van der Waals surface area contributed by atoms with Gasteiger partial charge >= 0.3 is 0 Å².